The van der Waals surface area contributed by atoms with Crippen LogP contribution in [-0.4, -0.2) is 83.9 Å². The number of pyridine rings is 1. The Hall–Kier alpha value is -2.75. The van der Waals surface area contributed by atoms with Gasteiger partial charge in [-0.15, -0.1) is 0 Å². The third-order valence-corrected chi connectivity index (χ3v) is 7.69. The highest BCUT2D eigenvalue weighted by Crippen LogP contribution is 2.32. The largest absolute Gasteiger partial charge is 0.490 e. The van der Waals surface area contributed by atoms with Crippen LogP contribution in [0.25, 0.3) is 10.9 Å². The molecule has 12 nitrogen and oxygen atoms in total. The molecule has 0 aliphatic carbocycles. The highest BCUT2D eigenvalue weighted by molar-refractivity contribution is 7.92. The molecule has 0 radical (unpaired) electrons. The first-order valence-corrected chi connectivity index (χ1v) is 12.5. The van der Waals surface area contributed by atoms with Crippen LogP contribution >= 0.6 is 11.6 Å². The van der Waals surface area contributed by atoms with Crippen LogP contribution in [0.2, 0.25) is 5.02 Å². The lowest BCUT2D eigenvalue weighted by atomic mass is 9.64. The summed E-state index contributed by atoms with van der Waals surface area (Å²) in [4.78, 5) is 16.2. The van der Waals surface area contributed by atoms with E-state index in [1.807, 2.05) is 0 Å². The van der Waals surface area contributed by atoms with Crippen molar-refractivity contribution < 1.29 is 43.2 Å². The van der Waals surface area contributed by atoms with Crippen LogP contribution in [-0.2, 0) is 14.6 Å². The molecule has 16 heteroatoms. The Morgan fingerprint density at radius 3 is 2.50 bits per heavy atom. The van der Waals surface area contributed by atoms with Crippen LogP contribution in [0.3, 0.4) is 0 Å². The molecule has 1 aliphatic heterocycles. The summed E-state index contributed by atoms with van der Waals surface area (Å²) in [7, 11) is -8.55. The normalized spacial score (nSPS) is 16.1. The van der Waals surface area contributed by atoms with Crippen LogP contribution < -0.4 is 21.6 Å². The Bertz CT molecular complexity index is 1430. The number of carbonyl (C=O) groups is 1. The number of ether oxygens (including phenoxy) is 1. The molecular formula is C20H20B2ClN3O9S. The van der Waals surface area contributed by atoms with Gasteiger partial charge >= 0.3 is 20.2 Å². The number of hydrogen-bond donors (Lipinski definition) is 7. The summed E-state index contributed by atoms with van der Waals surface area (Å²) in [6, 6.07) is 7.66. The third kappa shape index (κ3) is 5.05. The van der Waals surface area contributed by atoms with E-state index in [1.165, 1.54) is 18.2 Å². The summed E-state index contributed by atoms with van der Waals surface area (Å²) in [5.74, 6) is -1.47. The number of nitrogens with one attached hydrogen (secondary N) is 2. The standard InChI is InChI=1S/C20H20B2ClN3O9S/c23-10-1-4-14-12(7-10)15(8-16(25-14)36(33,34)17-9-35-6-5-24-17)26-19-11(20(27)28)2-3-13(21(29)30)18(19)22(31)32/h1-4,7-8,17,24,29-32H,5-6,9H2,(H,25,26)(H,27,28). The van der Waals surface area contributed by atoms with Gasteiger partial charge in [-0.3, -0.25) is 5.32 Å². The van der Waals surface area contributed by atoms with E-state index in [-0.39, 0.29) is 33.3 Å². The van der Waals surface area contributed by atoms with Crippen molar-refractivity contribution in [3.63, 3.8) is 0 Å². The van der Waals surface area contributed by atoms with Crippen molar-refractivity contribution in [3.05, 3.63) is 47.0 Å². The minimum Gasteiger partial charge on any atom is -0.478 e. The minimum absolute atomic E-state index is 0.0202. The SMILES string of the molecule is O=C(O)c1ccc(B(O)O)c(B(O)O)c1Nc1cc(S(=O)(=O)C2COCCN2)nc2ccc(Cl)cc12. The molecule has 0 spiro atoms. The molecule has 188 valence electrons. The number of aromatic nitrogens is 1. The number of fused-ring (bicyclic) bond motifs is 1. The van der Waals surface area contributed by atoms with Crippen LogP contribution in [0, 0.1) is 0 Å². The van der Waals surface area contributed by atoms with E-state index in [9.17, 15) is 38.4 Å². The van der Waals surface area contributed by atoms with Crippen LogP contribution in [0.5, 0.6) is 0 Å². The van der Waals surface area contributed by atoms with E-state index in [0.29, 0.717) is 18.5 Å². The average Bonchev–Trinajstić information content (AvgIpc) is 2.83. The van der Waals surface area contributed by atoms with E-state index in [0.717, 1.165) is 18.2 Å². The molecule has 4 rings (SSSR count). The first-order valence-electron chi connectivity index (χ1n) is 10.6. The first-order chi connectivity index (χ1) is 17.0. The maximum Gasteiger partial charge on any atom is 0.490 e. The highest BCUT2D eigenvalue weighted by atomic mass is 35.5. The predicted molar refractivity (Wildman–Crippen MR) is 133 cm³/mol. The Morgan fingerprint density at radius 2 is 1.89 bits per heavy atom. The maximum atomic E-state index is 13.3. The van der Waals surface area contributed by atoms with Crippen molar-refractivity contribution in [2.45, 2.75) is 10.4 Å². The molecule has 1 aliphatic rings. The smallest absolute Gasteiger partial charge is 0.478 e. The number of rotatable bonds is 7. The lowest BCUT2D eigenvalue weighted by Crippen LogP contribution is -2.51. The van der Waals surface area contributed by atoms with E-state index < -0.39 is 52.1 Å². The Morgan fingerprint density at radius 1 is 1.14 bits per heavy atom. The van der Waals surface area contributed by atoms with Gasteiger partial charge in [0.05, 0.1) is 35.7 Å². The molecule has 3 aromatic rings. The van der Waals surface area contributed by atoms with E-state index in [4.69, 9.17) is 16.3 Å². The maximum absolute atomic E-state index is 13.3. The zero-order valence-electron chi connectivity index (χ0n) is 18.4. The lowest BCUT2D eigenvalue weighted by Gasteiger charge is -2.24. The zero-order valence-corrected chi connectivity index (χ0v) is 20.0. The molecule has 1 fully saturated rings. The molecule has 0 saturated carbocycles. The average molecular weight is 536 g/mol. The predicted octanol–water partition coefficient (Wildman–Crippen LogP) is -1.59. The number of sulfone groups is 1. The van der Waals surface area contributed by atoms with Crippen molar-refractivity contribution in [2.75, 3.05) is 25.1 Å². The third-order valence-electron chi connectivity index (χ3n) is 5.61. The van der Waals surface area contributed by atoms with E-state index in [1.54, 1.807) is 0 Å². The van der Waals surface area contributed by atoms with Gasteiger partial charge in [0.15, 0.2) is 5.03 Å². The lowest BCUT2D eigenvalue weighted by molar-refractivity contribution is 0.0698. The van der Waals surface area contributed by atoms with Crippen LogP contribution in [0.4, 0.5) is 11.4 Å². The quantitative estimate of drug-likeness (QED) is 0.171. The summed E-state index contributed by atoms with van der Waals surface area (Å²) in [5, 5.41) is 53.8. The highest BCUT2D eigenvalue weighted by Gasteiger charge is 2.33. The number of aromatic carboxylic acids is 1. The van der Waals surface area contributed by atoms with Gasteiger partial charge in [-0.2, -0.15) is 0 Å². The number of carboxylic acid groups (broad SMARTS) is 1. The van der Waals surface area contributed by atoms with Crippen LogP contribution in [0.15, 0.2) is 41.4 Å². The summed E-state index contributed by atoms with van der Waals surface area (Å²) in [6.45, 7) is 0.555. The van der Waals surface area contributed by atoms with Gasteiger partial charge < -0.3 is 35.3 Å². The van der Waals surface area contributed by atoms with Gasteiger partial charge in [-0.05, 0) is 35.8 Å². The molecule has 2 heterocycles. The first kappa shape index (κ1) is 26.3. The fraction of sp³-hybridized carbons (Fsp3) is 0.200. The van der Waals surface area contributed by atoms with Gasteiger partial charge in [-0.1, -0.05) is 17.7 Å². The fourth-order valence-electron chi connectivity index (χ4n) is 3.90. The Kier molecular flexibility index (Phi) is 7.54. The second-order valence-electron chi connectivity index (χ2n) is 7.90. The number of hydrogen-bond acceptors (Lipinski definition) is 11. The summed E-state index contributed by atoms with van der Waals surface area (Å²) >= 11 is 6.13. The topological polar surface area (TPSA) is 199 Å². The number of carboxylic acids is 1. The minimum atomic E-state index is -4.07. The number of morpholine rings is 1. The molecular weight excluding hydrogens is 515 g/mol. The molecule has 1 aromatic heterocycles. The molecule has 0 amide bonds. The van der Waals surface area contributed by atoms with Gasteiger partial charge in [0.25, 0.3) is 0 Å². The number of nitrogens with zero attached hydrogens (tertiary/aromatic N) is 1. The Labute approximate surface area is 210 Å². The molecule has 1 unspecified atom stereocenters. The fourth-order valence-corrected chi connectivity index (χ4v) is 5.48. The molecule has 2 aromatic carbocycles. The van der Waals surface area contributed by atoms with Crippen molar-refractivity contribution in [1.82, 2.24) is 10.3 Å². The second-order valence-corrected chi connectivity index (χ2v) is 10.4. The van der Waals surface area contributed by atoms with Gasteiger partial charge in [0, 0.05) is 22.4 Å². The second kappa shape index (κ2) is 10.3. The van der Waals surface area contributed by atoms with Gasteiger partial charge in [-0.25, -0.2) is 18.2 Å². The number of benzene rings is 2. The van der Waals surface area contributed by atoms with Crippen molar-refractivity contribution in [1.29, 1.82) is 0 Å². The van der Waals surface area contributed by atoms with E-state index >= 15 is 0 Å². The summed E-state index contributed by atoms with van der Waals surface area (Å²) < 4.78 is 31.9. The molecule has 36 heavy (non-hydrogen) atoms. The summed E-state index contributed by atoms with van der Waals surface area (Å²) in [6.07, 6.45) is 0. The van der Waals surface area contributed by atoms with Gasteiger partial charge in [0.1, 0.15) is 5.37 Å². The zero-order chi connectivity index (χ0) is 26.2. The summed E-state index contributed by atoms with van der Waals surface area (Å²) in [5.41, 5.74) is -1.51. The Balaban J connectivity index is 1.96. The molecule has 7 N–H and O–H groups in total. The number of anilines is 2. The van der Waals surface area contributed by atoms with Crippen molar-refractivity contribution in [2.24, 2.45) is 0 Å². The molecule has 1 atom stereocenters. The van der Waals surface area contributed by atoms with Gasteiger partial charge in [0.2, 0.25) is 9.84 Å². The van der Waals surface area contributed by atoms with Crippen molar-refractivity contribution >= 4 is 74.8 Å². The van der Waals surface area contributed by atoms with E-state index in [2.05, 4.69) is 15.6 Å². The van der Waals surface area contributed by atoms with Crippen molar-refractivity contribution in [3.8, 4) is 0 Å². The monoisotopic (exact) mass is 535 g/mol. The van der Waals surface area contributed by atoms with Crippen LogP contribution in [0.1, 0.15) is 10.4 Å². The molecule has 0 bridgehead atoms. The molecule has 1 saturated heterocycles. The number of halogens is 1.